The number of aliphatic hydroxyl groups is 1. The predicted octanol–water partition coefficient (Wildman–Crippen LogP) is 3.17. The van der Waals surface area contributed by atoms with Gasteiger partial charge >= 0.3 is 0 Å². The first-order valence-electron chi connectivity index (χ1n) is 8.82. The van der Waals surface area contributed by atoms with Gasteiger partial charge in [-0.1, -0.05) is 42.5 Å². The number of sulfonamides is 1. The van der Waals surface area contributed by atoms with Crippen molar-refractivity contribution < 1.29 is 13.5 Å². The molecule has 0 spiro atoms. The second kappa shape index (κ2) is 7.55. The van der Waals surface area contributed by atoms with Crippen LogP contribution in [-0.4, -0.2) is 36.6 Å². The SMILES string of the molecule is O=S(=O)(NCCO)c1ccccc1-c1ccc(-c2cnc3[nH]ccc3c2)cc1. The molecule has 2 aromatic heterocycles. The summed E-state index contributed by atoms with van der Waals surface area (Å²) in [4.78, 5) is 7.67. The minimum absolute atomic E-state index is 0.0236. The maximum Gasteiger partial charge on any atom is 0.241 e. The van der Waals surface area contributed by atoms with Crippen molar-refractivity contribution in [2.75, 3.05) is 13.2 Å². The van der Waals surface area contributed by atoms with E-state index >= 15 is 0 Å². The summed E-state index contributed by atoms with van der Waals surface area (Å²) >= 11 is 0. The third-order valence-corrected chi connectivity index (χ3v) is 6.03. The van der Waals surface area contributed by atoms with E-state index < -0.39 is 10.0 Å². The van der Waals surface area contributed by atoms with Crippen molar-refractivity contribution in [1.29, 1.82) is 0 Å². The molecule has 0 atom stereocenters. The molecular weight excluding hydrogens is 374 g/mol. The molecule has 0 saturated heterocycles. The minimum Gasteiger partial charge on any atom is -0.395 e. The number of benzene rings is 2. The largest absolute Gasteiger partial charge is 0.395 e. The van der Waals surface area contributed by atoms with Crippen LogP contribution in [0.3, 0.4) is 0 Å². The topological polar surface area (TPSA) is 95.1 Å². The molecule has 0 aliphatic carbocycles. The van der Waals surface area contributed by atoms with Crippen LogP contribution in [0.15, 0.2) is 78.0 Å². The van der Waals surface area contributed by atoms with Gasteiger partial charge in [0.15, 0.2) is 0 Å². The van der Waals surface area contributed by atoms with Gasteiger partial charge in [-0.15, -0.1) is 0 Å². The molecule has 28 heavy (non-hydrogen) atoms. The van der Waals surface area contributed by atoms with E-state index in [2.05, 4.69) is 20.8 Å². The molecule has 2 heterocycles. The van der Waals surface area contributed by atoms with E-state index in [4.69, 9.17) is 5.11 Å². The summed E-state index contributed by atoms with van der Waals surface area (Å²) in [5, 5.41) is 9.95. The Kier molecular flexibility index (Phi) is 4.95. The lowest BCUT2D eigenvalue weighted by Crippen LogP contribution is -2.27. The number of fused-ring (bicyclic) bond motifs is 1. The van der Waals surface area contributed by atoms with Crippen molar-refractivity contribution in [1.82, 2.24) is 14.7 Å². The first-order chi connectivity index (χ1) is 13.6. The van der Waals surface area contributed by atoms with Crippen LogP contribution in [0, 0.1) is 0 Å². The van der Waals surface area contributed by atoms with Crippen molar-refractivity contribution in [3.63, 3.8) is 0 Å². The average Bonchev–Trinajstić information content (AvgIpc) is 3.20. The maximum absolute atomic E-state index is 12.5. The molecule has 0 saturated carbocycles. The Hall–Kier alpha value is -3.00. The zero-order chi connectivity index (χ0) is 19.6. The molecule has 6 nitrogen and oxygen atoms in total. The highest BCUT2D eigenvalue weighted by Crippen LogP contribution is 2.30. The minimum atomic E-state index is -3.70. The monoisotopic (exact) mass is 393 g/mol. The third-order valence-electron chi connectivity index (χ3n) is 4.51. The molecule has 0 radical (unpaired) electrons. The summed E-state index contributed by atoms with van der Waals surface area (Å²) in [6.07, 6.45) is 3.66. The van der Waals surface area contributed by atoms with Crippen molar-refractivity contribution in [3.8, 4) is 22.3 Å². The van der Waals surface area contributed by atoms with Crippen LogP contribution in [0.4, 0.5) is 0 Å². The standard InChI is InChI=1S/C21H19N3O3S/c25-12-11-24-28(26,27)20-4-2-1-3-19(20)16-7-5-15(6-8-16)18-13-17-9-10-22-21(17)23-14-18/h1-10,13-14,24-25H,11-12H2,(H,22,23). The van der Waals surface area contributed by atoms with Gasteiger partial charge in [-0.05, 0) is 29.3 Å². The summed E-state index contributed by atoms with van der Waals surface area (Å²) in [6, 6.07) is 18.6. The van der Waals surface area contributed by atoms with Gasteiger partial charge in [-0.3, -0.25) is 0 Å². The molecule has 7 heteroatoms. The number of nitrogens with zero attached hydrogens (tertiary/aromatic N) is 1. The average molecular weight is 393 g/mol. The predicted molar refractivity (Wildman–Crippen MR) is 109 cm³/mol. The zero-order valence-electron chi connectivity index (χ0n) is 15.0. The molecule has 0 aliphatic rings. The molecule has 0 bridgehead atoms. The zero-order valence-corrected chi connectivity index (χ0v) is 15.8. The molecule has 0 unspecified atom stereocenters. The van der Waals surface area contributed by atoms with Gasteiger partial charge in [0.1, 0.15) is 5.65 Å². The number of nitrogens with one attached hydrogen (secondary N) is 2. The van der Waals surface area contributed by atoms with Crippen LogP contribution in [-0.2, 0) is 10.0 Å². The quantitative estimate of drug-likeness (QED) is 0.469. The highest BCUT2D eigenvalue weighted by Gasteiger charge is 2.18. The number of H-pyrrole nitrogens is 1. The summed E-state index contributed by atoms with van der Waals surface area (Å²) in [6.45, 7) is -0.278. The number of hydrogen-bond acceptors (Lipinski definition) is 4. The molecule has 0 aliphatic heterocycles. The molecule has 4 aromatic rings. The molecular formula is C21H19N3O3S. The Morgan fingerprint density at radius 2 is 1.71 bits per heavy atom. The fourth-order valence-electron chi connectivity index (χ4n) is 3.14. The smallest absolute Gasteiger partial charge is 0.241 e. The lowest BCUT2D eigenvalue weighted by molar-refractivity contribution is 0.301. The van der Waals surface area contributed by atoms with Crippen LogP contribution in [0.5, 0.6) is 0 Å². The van der Waals surface area contributed by atoms with Gasteiger partial charge in [0.25, 0.3) is 0 Å². The third kappa shape index (κ3) is 3.55. The highest BCUT2D eigenvalue weighted by atomic mass is 32.2. The second-order valence-corrected chi connectivity index (χ2v) is 8.07. The number of rotatable bonds is 6. The Morgan fingerprint density at radius 3 is 2.50 bits per heavy atom. The Morgan fingerprint density at radius 1 is 0.964 bits per heavy atom. The van der Waals surface area contributed by atoms with Crippen molar-refractivity contribution in [3.05, 3.63) is 73.1 Å². The van der Waals surface area contributed by atoms with E-state index in [0.29, 0.717) is 5.56 Å². The van der Waals surface area contributed by atoms with Gasteiger partial charge in [0.05, 0.1) is 11.5 Å². The van der Waals surface area contributed by atoms with Gasteiger partial charge in [-0.2, -0.15) is 0 Å². The Labute approximate surface area is 162 Å². The summed E-state index contributed by atoms with van der Waals surface area (Å²) in [5.74, 6) is 0. The first-order valence-corrected chi connectivity index (χ1v) is 10.3. The molecule has 2 aromatic carbocycles. The Bertz CT molecular complexity index is 1220. The summed E-state index contributed by atoms with van der Waals surface area (Å²) < 4.78 is 27.5. The van der Waals surface area contributed by atoms with Gasteiger partial charge < -0.3 is 10.1 Å². The van der Waals surface area contributed by atoms with Crippen LogP contribution in [0.2, 0.25) is 0 Å². The highest BCUT2D eigenvalue weighted by molar-refractivity contribution is 7.89. The Balaban J connectivity index is 1.70. The van der Waals surface area contributed by atoms with Crippen LogP contribution in [0.25, 0.3) is 33.3 Å². The normalized spacial score (nSPS) is 11.8. The molecule has 4 rings (SSSR count). The van der Waals surface area contributed by atoms with Crippen LogP contribution >= 0.6 is 0 Å². The van der Waals surface area contributed by atoms with Gasteiger partial charge in [0, 0.05) is 35.5 Å². The number of aliphatic hydroxyl groups excluding tert-OH is 1. The van der Waals surface area contributed by atoms with E-state index in [-0.39, 0.29) is 18.0 Å². The second-order valence-electron chi connectivity index (χ2n) is 6.33. The lowest BCUT2D eigenvalue weighted by Gasteiger charge is -2.12. The van der Waals surface area contributed by atoms with E-state index in [1.54, 1.807) is 24.3 Å². The van der Waals surface area contributed by atoms with Crippen molar-refractivity contribution in [2.45, 2.75) is 4.90 Å². The number of pyridine rings is 1. The summed E-state index contributed by atoms with van der Waals surface area (Å²) in [5.41, 5.74) is 4.24. The van der Waals surface area contributed by atoms with Gasteiger partial charge in [-0.25, -0.2) is 18.1 Å². The lowest BCUT2D eigenvalue weighted by atomic mass is 10.0. The molecule has 3 N–H and O–H groups in total. The first kappa shape index (κ1) is 18.4. The van der Waals surface area contributed by atoms with Crippen molar-refractivity contribution >= 4 is 21.1 Å². The van der Waals surface area contributed by atoms with E-state index in [1.165, 1.54) is 0 Å². The fourth-order valence-corrected chi connectivity index (χ4v) is 4.39. The van der Waals surface area contributed by atoms with Gasteiger partial charge in [0.2, 0.25) is 10.0 Å². The summed E-state index contributed by atoms with van der Waals surface area (Å²) in [7, 11) is -3.70. The van der Waals surface area contributed by atoms with Crippen LogP contribution < -0.4 is 4.72 Å². The van der Waals surface area contributed by atoms with E-state index in [0.717, 1.165) is 27.7 Å². The molecule has 142 valence electrons. The van der Waals surface area contributed by atoms with Crippen molar-refractivity contribution in [2.24, 2.45) is 0 Å². The molecule has 0 fully saturated rings. The van der Waals surface area contributed by atoms with E-state index in [1.807, 2.05) is 42.7 Å². The van der Waals surface area contributed by atoms with Crippen LogP contribution in [0.1, 0.15) is 0 Å². The number of aromatic nitrogens is 2. The number of hydrogen-bond donors (Lipinski definition) is 3. The van der Waals surface area contributed by atoms with E-state index in [9.17, 15) is 8.42 Å². The number of aromatic amines is 1. The maximum atomic E-state index is 12.5. The fraction of sp³-hybridized carbons (Fsp3) is 0.0952. The molecule has 0 amide bonds.